The van der Waals surface area contributed by atoms with Crippen molar-refractivity contribution < 1.29 is 4.42 Å². The zero-order chi connectivity index (χ0) is 9.97. The first-order chi connectivity index (χ1) is 6.75. The lowest BCUT2D eigenvalue weighted by molar-refractivity contribution is 0.521. The van der Waals surface area contributed by atoms with Crippen LogP contribution in [0.4, 0.5) is 5.69 Å². The summed E-state index contributed by atoms with van der Waals surface area (Å²) in [6, 6.07) is 9.22. The van der Waals surface area contributed by atoms with Crippen LogP contribution in [0.15, 0.2) is 41.0 Å². The molecule has 2 nitrogen and oxygen atoms in total. The molecule has 72 valence electrons. The minimum absolute atomic E-state index is 0.680. The van der Waals surface area contributed by atoms with Crippen LogP contribution in [0.25, 0.3) is 0 Å². The van der Waals surface area contributed by atoms with Crippen LogP contribution in [0.5, 0.6) is 0 Å². The van der Waals surface area contributed by atoms with Gasteiger partial charge in [0, 0.05) is 17.1 Å². The molecule has 0 spiro atoms. The number of furan rings is 1. The number of hydrogen-bond acceptors (Lipinski definition) is 2. The number of nitrogens with two attached hydrogens (primary N) is 1. The summed E-state index contributed by atoms with van der Waals surface area (Å²) in [7, 11) is 0. The Morgan fingerprint density at radius 1 is 1.29 bits per heavy atom. The van der Waals surface area contributed by atoms with E-state index in [9.17, 15) is 0 Å². The van der Waals surface area contributed by atoms with Crippen LogP contribution in [0, 0.1) is 0 Å². The Labute approximate surface area is 87.3 Å². The fourth-order valence-electron chi connectivity index (χ4n) is 1.33. The first kappa shape index (κ1) is 9.16. The van der Waals surface area contributed by atoms with Crippen molar-refractivity contribution in [3.05, 3.63) is 52.9 Å². The van der Waals surface area contributed by atoms with Crippen LogP contribution in [0.3, 0.4) is 0 Å². The molecule has 0 saturated carbocycles. The zero-order valence-electron chi connectivity index (χ0n) is 7.53. The van der Waals surface area contributed by atoms with E-state index in [1.807, 2.05) is 18.2 Å². The predicted molar refractivity (Wildman–Crippen MR) is 57.4 cm³/mol. The van der Waals surface area contributed by atoms with Crippen molar-refractivity contribution in [2.45, 2.75) is 6.42 Å². The van der Waals surface area contributed by atoms with Gasteiger partial charge in [-0.3, -0.25) is 0 Å². The summed E-state index contributed by atoms with van der Waals surface area (Å²) in [6.07, 6.45) is 2.33. The second-order valence-electron chi connectivity index (χ2n) is 3.10. The van der Waals surface area contributed by atoms with Gasteiger partial charge in [0.15, 0.2) is 0 Å². The molecule has 0 saturated heterocycles. The smallest absolute Gasteiger partial charge is 0.108 e. The highest BCUT2D eigenvalue weighted by molar-refractivity contribution is 6.30. The summed E-state index contributed by atoms with van der Waals surface area (Å²) in [5.74, 6) is 0.888. The third kappa shape index (κ3) is 1.91. The molecule has 1 heterocycles. The van der Waals surface area contributed by atoms with E-state index in [2.05, 4.69) is 0 Å². The van der Waals surface area contributed by atoms with Gasteiger partial charge in [0.2, 0.25) is 0 Å². The minimum atomic E-state index is 0.680. The van der Waals surface area contributed by atoms with Crippen LogP contribution in [0.2, 0.25) is 5.02 Å². The molecule has 2 aromatic rings. The molecule has 0 radical (unpaired) electrons. The van der Waals surface area contributed by atoms with Gasteiger partial charge in [-0.05, 0) is 35.9 Å². The van der Waals surface area contributed by atoms with Crippen molar-refractivity contribution in [3.8, 4) is 0 Å². The second kappa shape index (κ2) is 3.76. The predicted octanol–water partition coefficient (Wildman–Crippen LogP) is 3.11. The van der Waals surface area contributed by atoms with E-state index in [0.717, 1.165) is 17.0 Å². The lowest BCUT2D eigenvalue weighted by Gasteiger charge is -2.03. The first-order valence-corrected chi connectivity index (χ1v) is 4.70. The average molecular weight is 208 g/mol. The van der Waals surface area contributed by atoms with Gasteiger partial charge in [-0.1, -0.05) is 11.6 Å². The molecule has 0 fully saturated rings. The van der Waals surface area contributed by atoms with Crippen molar-refractivity contribution in [1.29, 1.82) is 0 Å². The van der Waals surface area contributed by atoms with Gasteiger partial charge in [-0.15, -0.1) is 0 Å². The van der Waals surface area contributed by atoms with Gasteiger partial charge in [0.25, 0.3) is 0 Å². The number of hydrogen-bond donors (Lipinski definition) is 1. The maximum absolute atomic E-state index is 5.87. The molecule has 0 aliphatic carbocycles. The monoisotopic (exact) mass is 207 g/mol. The maximum atomic E-state index is 5.87. The fourth-order valence-corrected chi connectivity index (χ4v) is 1.52. The van der Waals surface area contributed by atoms with Crippen LogP contribution in [-0.4, -0.2) is 0 Å². The molecule has 0 atom stereocenters. The number of rotatable bonds is 2. The van der Waals surface area contributed by atoms with E-state index in [1.54, 1.807) is 18.4 Å². The van der Waals surface area contributed by atoms with Gasteiger partial charge >= 0.3 is 0 Å². The van der Waals surface area contributed by atoms with E-state index in [4.69, 9.17) is 21.8 Å². The van der Waals surface area contributed by atoms with E-state index < -0.39 is 0 Å². The fraction of sp³-hybridized carbons (Fsp3) is 0.0909. The highest BCUT2D eigenvalue weighted by Crippen LogP contribution is 2.20. The largest absolute Gasteiger partial charge is 0.469 e. The zero-order valence-corrected chi connectivity index (χ0v) is 8.29. The number of benzene rings is 1. The quantitative estimate of drug-likeness (QED) is 0.769. The van der Waals surface area contributed by atoms with Crippen molar-refractivity contribution in [1.82, 2.24) is 0 Å². The first-order valence-electron chi connectivity index (χ1n) is 4.32. The van der Waals surface area contributed by atoms with Crippen molar-refractivity contribution in [2.24, 2.45) is 0 Å². The summed E-state index contributed by atoms with van der Waals surface area (Å²) in [4.78, 5) is 0. The molecule has 2 rings (SSSR count). The normalized spacial score (nSPS) is 10.4. The molecule has 0 amide bonds. The summed E-state index contributed by atoms with van der Waals surface area (Å²) >= 11 is 5.87. The van der Waals surface area contributed by atoms with E-state index in [1.165, 1.54) is 0 Å². The van der Waals surface area contributed by atoms with Gasteiger partial charge in [-0.2, -0.15) is 0 Å². The summed E-state index contributed by atoms with van der Waals surface area (Å²) in [5.41, 5.74) is 7.54. The van der Waals surface area contributed by atoms with Crippen LogP contribution in [0.1, 0.15) is 11.3 Å². The molecule has 2 N–H and O–H groups in total. The second-order valence-corrected chi connectivity index (χ2v) is 3.54. The Kier molecular flexibility index (Phi) is 2.46. The maximum Gasteiger partial charge on any atom is 0.108 e. The van der Waals surface area contributed by atoms with E-state index in [-0.39, 0.29) is 0 Å². The topological polar surface area (TPSA) is 39.2 Å². The van der Waals surface area contributed by atoms with Crippen LogP contribution < -0.4 is 5.73 Å². The van der Waals surface area contributed by atoms with Crippen molar-refractivity contribution in [3.63, 3.8) is 0 Å². The Balaban J connectivity index is 2.28. The van der Waals surface area contributed by atoms with Gasteiger partial charge in [0.05, 0.1) is 6.26 Å². The molecule has 1 aromatic carbocycles. The van der Waals surface area contributed by atoms with E-state index >= 15 is 0 Å². The molecular weight excluding hydrogens is 198 g/mol. The summed E-state index contributed by atoms with van der Waals surface area (Å²) in [6.45, 7) is 0. The molecule has 0 bridgehead atoms. The lowest BCUT2D eigenvalue weighted by Crippen LogP contribution is -1.94. The van der Waals surface area contributed by atoms with Crippen LogP contribution in [-0.2, 0) is 6.42 Å². The Morgan fingerprint density at radius 2 is 2.14 bits per heavy atom. The SMILES string of the molecule is Nc1ccc(Cl)cc1Cc1ccco1. The molecule has 1 aromatic heterocycles. The third-order valence-corrected chi connectivity index (χ3v) is 2.28. The number of nitrogen functional groups attached to an aromatic ring is 1. The Morgan fingerprint density at radius 3 is 2.86 bits per heavy atom. The lowest BCUT2D eigenvalue weighted by atomic mass is 10.1. The standard InChI is InChI=1S/C11H10ClNO/c12-9-3-4-11(13)8(6-9)7-10-2-1-5-14-10/h1-6H,7,13H2. The number of halogens is 1. The Hall–Kier alpha value is -1.41. The summed E-state index contributed by atoms with van der Waals surface area (Å²) in [5, 5.41) is 0.695. The third-order valence-electron chi connectivity index (χ3n) is 2.05. The molecular formula is C11H10ClNO. The van der Waals surface area contributed by atoms with E-state index in [0.29, 0.717) is 11.4 Å². The average Bonchev–Trinajstić information content (AvgIpc) is 2.64. The van der Waals surface area contributed by atoms with Gasteiger partial charge in [-0.25, -0.2) is 0 Å². The molecule has 14 heavy (non-hydrogen) atoms. The van der Waals surface area contributed by atoms with Crippen LogP contribution >= 0.6 is 11.6 Å². The van der Waals surface area contributed by atoms with Gasteiger partial charge in [0.1, 0.15) is 5.76 Å². The van der Waals surface area contributed by atoms with Crippen molar-refractivity contribution >= 4 is 17.3 Å². The van der Waals surface area contributed by atoms with Gasteiger partial charge < -0.3 is 10.2 Å². The van der Waals surface area contributed by atoms with Crippen molar-refractivity contribution in [2.75, 3.05) is 5.73 Å². The summed E-state index contributed by atoms with van der Waals surface area (Å²) < 4.78 is 5.23. The molecule has 3 heteroatoms. The highest BCUT2D eigenvalue weighted by atomic mass is 35.5. The molecule has 0 aliphatic heterocycles. The minimum Gasteiger partial charge on any atom is -0.469 e. The Bertz CT molecular complexity index is 423. The highest BCUT2D eigenvalue weighted by Gasteiger charge is 2.03. The molecule has 0 unspecified atom stereocenters. The number of anilines is 1. The molecule has 0 aliphatic rings.